The van der Waals surface area contributed by atoms with E-state index in [4.69, 9.17) is 4.84 Å². The highest BCUT2D eigenvalue weighted by Crippen LogP contribution is 2.23. The summed E-state index contributed by atoms with van der Waals surface area (Å²) in [6.07, 6.45) is 2.85. The van der Waals surface area contributed by atoms with Crippen LogP contribution in [0.25, 0.3) is 0 Å². The third-order valence-corrected chi connectivity index (χ3v) is 5.30. The Morgan fingerprint density at radius 1 is 1.07 bits per heavy atom. The zero-order valence-electron chi connectivity index (χ0n) is 16.8. The summed E-state index contributed by atoms with van der Waals surface area (Å²) in [5, 5.41) is 1.62. The van der Waals surface area contributed by atoms with Crippen molar-refractivity contribution in [2.24, 2.45) is 0 Å². The number of hydrogen-bond acceptors (Lipinski definition) is 3. The van der Waals surface area contributed by atoms with Crippen molar-refractivity contribution in [3.05, 3.63) is 71.8 Å². The Balaban J connectivity index is 0.00000280. The summed E-state index contributed by atoms with van der Waals surface area (Å²) >= 11 is 0. The van der Waals surface area contributed by atoms with Crippen molar-refractivity contribution in [1.82, 2.24) is 9.96 Å². The minimum absolute atomic E-state index is 0. The lowest BCUT2D eigenvalue weighted by atomic mass is 10.0. The van der Waals surface area contributed by atoms with Gasteiger partial charge in [-0.05, 0) is 37.3 Å². The number of benzene rings is 2. The van der Waals surface area contributed by atoms with E-state index in [1.807, 2.05) is 37.3 Å². The summed E-state index contributed by atoms with van der Waals surface area (Å²) in [6, 6.07) is 20.8. The molecule has 1 amide bonds. The molecule has 4 nitrogen and oxygen atoms in total. The van der Waals surface area contributed by atoms with E-state index in [1.165, 1.54) is 5.56 Å². The maximum Gasteiger partial charge on any atom is 0.243 e. The van der Waals surface area contributed by atoms with Gasteiger partial charge in [0.1, 0.15) is 6.10 Å². The largest absolute Gasteiger partial charge is 0.303 e. The zero-order valence-corrected chi connectivity index (χ0v) is 17.6. The predicted octanol–water partition coefficient (Wildman–Crippen LogP) is 4.66. The summed E-state index contributed by atoms with van der Waals surface area (Å²) in [4.78, 5) is 20.7. The minimum atomic E-state index is -0.133. The summed E-state index contributed by atoms with van der Waals surface area (Å²) in [6.45, 7) is 6.67. The first kappa shape index (κ1) is 22.4. The van der Waals surface area contributed by atoms with E-state index in [-0.39, 0.29) is 30.5 Å². The summed E-state index contributed by atoms with van der Waals surface area (Å²) in [5.41, 5.74) is 2.47. The second-order valence-electron chi connectivity index (χ2n) is 7.31. The lowest BCUT2D eigenvalue weighted by Crippen LogP contribution is -2.47. The van der Waals surface area contributed by atoms with Crippen LogP contribution in [0.5, 0.6) is 0 Å². The smallest absolute Gasteiger partial charge is 0.243 e. The van der Waals surface area contributed by atoms with E-state index in [0.29, 0.717) is 0 Å². The van der Waals surface area contributed by atoms with Gasteiger partial charge in [-0.1, -0.05) is 60.7 Å². The van der Waals surface area contributed by atoms with Gasteiger partial charge in [-0.25, -0.2) is 5.06 Å². The Morgan fingerprint density at radius 3 is 2.21 bits per heavy atom. The molecule has 2 aromatic carbocycles. The molecule has 1 heterocycles. The van der Waals surface area contributed by atoms with Crippen LogP contribution in [0.1, 0.15) is 43.9 Å². The molecule has 0 aliphatic carbocycles. The molecule has 28 heavy (non-hydrogen) atoms. The van der Waals surface area contributed by atoms with E-state index in [1.54, 1.807) is 12.0 Å². The number of carbonyl (C=O) groups is 1. The van der Waals surface area contributed by atoms with Crippen LogP contribution in [-0.4, -0.2) is 41.5 Å². The molecule has 1 atom stereocenters. The number of carbonyl (C=O) groups excluding carboxylic acids is 1. The maximum absolute atomic E-state index is 12.2. The summed E-state index contributed by atoms with van der Waals surface area (Å²) in [7, 11) is 0. The fraction of sp³-hybridized carbons (Fsp3) is 0.435. The van der Waals surface area contributed by atoms with Crippen LogP contribution in [-0.2, 0) is 16.1 Å². The van der Waals surface area contributed by atoms with E-state index in [2.05, 4.69) is 35.2 Å². The average Bonchev–Trinajstić information content (AvgIpc) is 2.72. The number of likely N-dealkylation sites (tertiary alicyclic amines) is 1. The number of halogens is 1. The maximum atomic E-state index is 12.2. The van der Waals surface area contributed by atoms with Crippen LogP contribution in [0.15, 0.2) is 60.7 Å². The molecule has 2 aromatic rings. The van der Waals surface area contributed by atoms with E-state index >= 15 is 0 Å². The number of amides is 1. The molecule has 1 unspecified atom stereocenters. The topological polar surface area (TPSA) is 32.8 Å². The monoisotopic (exact) mass is 402 g/mol. The van der Waals surface area contributed by atoms with Crippen LogP contribution < -0.4 is 0 Å². The number of hydroxylamine groups is 2. The molecular formula is C23H31ClN2O2. The molecule has 0 N–H and O–H groups in total. The number of rotatable bonds is 7. The molecule has 0 saturated carbocycles. The Hall–Kier alpha value is -1.88. The molecular weight excluding hydrogens is 372 g/mol. The van der Waals surface area contributed by atoms with Gasteiger partial charge in [0.15, 0.2) is 0 Å². The minimum Gasteiger partial charge on any atom is -0.303 e. The van der Waals surface area contributed by atoms with Gasteiger partial charge in [0.2, 0.25) is 5.91 Å². The zero-order chi connectivity index (χ0) is 19.1. The van der Waals surface area contributed by atoms with Gasteiger partial charge in [-0.2, -0.15) is 0 Å². The molecule has 1 aliphatic rings. The molecule has 152 valence electrons. The standard InChI is InChI=1S/C23H30N2O2.ClH/c1-19(22-11-7-4-8-12-22)27-25(20(2)26)23-14-17-24(18-15-23)16-13-21-9-5-3-6-10-21;/h3-12,19,23H,13-18H2,1-2H3;1H. The van der Waals surface area contributed by atoms with Crippen LogP contribution in [0.2, 0.25) is 0 Å². The Morgan fingerprint density at radius 2 is 1.64 bits per heavy atom. The van der Waals surface area contributed by atoms with E-state index in [0.717, 1.165) is 44.5 Å². The summed E-state index contributed by atoms with van der Waals surface area (Å²) < 4.78 is 0. The SMILES string of the molecule is CC(=O)N(OC(C)c1ccccc1)C1CCN(CCc2ccccc2)CC1.Cl. The normalized spacial score (nSPS) is 16.2. The number of piperidine rings is 1. The second-order valence-corrected chi connectivity index (χ2v) is 7.31. The van der Waals surface area contributed by atoms with Crippen LogP contribution in [0.4, 0.5) is 0 Å². The first-order valence-electron chi connectivity index (χ1n) is 9.91. The van der Waals surface area contributed by atoms with Gasteiger partial charge in [0, 0.05) is 26.6 Å². The van der Waals surface area contributed by atoms with Gasteiger partial charge in [0.25, 0.3) is 0 Å². The van der Waals surface area contributed by atoms with Crippen LogP contribution in [0.3, 0.4) is 0 Å². The molecule has 0 radical (unpaired) electrons. The van der Waals surface area contributed by atoms with Gasteiger partial charge >= 0.3 is 0 Å². The number of nitrogens with zero attached hydrogens (tertiary/aromatic N) is 2. The Labute approximate surface area is 174 Å². The third kappa shape index (κ3) is 6.33. The fourth-order valence-electron chi connectivity index (χ4n) is 3.68. The van der Waals surface area contributed by atoms with Crippen molar-refractivity contribution in [2.45, 2.75) is 45.3 Å². The highest BCUT2D eigenvalue weighted by molar-refractivity contribution is 5.85. The molecule has 3 rings (SSSR count). The Bertz CT molecular complexity index is 703. The van der Waals surface area contributed by atoms with Crippen LogP contribution in [0, 0.1) is 0 Å². The first-order chi connectivity index (χ1) is 13.1. The van der Waals surface area contributed by atoms with Gasteiger partial charge < -0.3 is 4.90 Å². The van der Waals surface area contributed by atoms with E-state index < -0.39 is 0 Å². The third-order valence-electron chi connectivity index (χ3n) is 5.30. The molecule has 0 bridgehead atoms. The van der Waals surface area contributed by atoms with Crippen molar-refractivity contribution in [3.8, 4) is 0 Å². The van der Waals surface area contributed by atoms with Crippen molar-refractivity contribution in [2.75, 3.05) is 19.6 Å². The average molecular weight is 403 g/mol. The number of hydrogen-bond donors (Lipinski definition) is 0. The van der Waals surface area contributed by atoms with E-state index in [9.17, 15) is 4.79 Å². The van der Waals surface area contributed by atoms with Crippen molar-refractivity contribution >= 4 is 18.3 Å². The quantitative estimate of drug-likeness (QED) is 0.631. The Kier molecular flexibility index (Phi) is 8.97. The van der Waals surface area contributed by atoms with Crippen molar-refractivity contribution in [1.29, 1.82) is 0 Å². The second kappa shape index (κ2) is 11.2. The van der Waals surface area contributed by atoms with Gasteiger partial charge in [0.05, 0.1) is 6.04 Å². The lowest BCUT2D eigenvalue weighted by molar-refractivity contribution is -0.223. The van der Waals surface area contributed by atoms with Crippen molar-refractivity contribution < 1.29 is 9.63 Å². The predicted molar refractivity (Wildman–Crippen MR) is 115 cm³/mol. The molecule has 1 saturated heterocycles. The lowest BCUT2D eigenvalue weighted by Gasteiger charge is -2.38. The van der Waals surface area contributed by atoms with Crippen LogP contribution >= 0.6 is 12.4 Å². The highest BCUT2D eigenvalue weighted by Gasteiger charge is 2.28. The molecule has 0 aromatic heterocycles. The van der Waals surface area contributed by atoms with Gasteiger partial charge in [-0.15, -0.1) is 12.4 Å². The first-order valence-corrected chi connectivity index (χ1v) is 9.91. The fourth-order valence-corrected chi connectivity index (χ4v) is 3.68. The highest BCUT2D eigenvalue weighted by atomic mass is 35.5. The molecule has 0 spiro atoms. The van der Waals surface area contributed by atoms with Gasteiger partial charge in [-0.3, -0.25) is 9.63 Å². The summed E-state index contributed by atoms with van der Waals surface area (Å²) in [5.74, 6) is -0.0134. The molecule has 1 fully saturated rings. The van der Waals surface area contributed by atoms with Crippen molar-refractivity contribution in [3.63, 3.8) is 0 Å². The molecule has 5 heteroatoms. The molecule has 1 aliphatic heterocycles.